The third-order valence-electron chi connectivity index (χ3n) is 5.52. The molecule has 8 nitrogen and oxygen atoms in total. The van der Waals surface area contributed by atoms with Gasteiger partial charge in [-0.25, -0.2) is 8.78 Å². The van der Waals surface area contributed by atoms with Crippen LogP contribution in [0.15, 0.2) is 24.3 Å². The van der Waals surface area contributed by atoms with Crippen LogP contribution in [-0.2, 0) is 4.74 Å². The van der Waals surface area contributed by atoms with Crippen molar-refractivity contribution in [2.45, 2.75) is 19.4 Å². The molecule has 0 spiro atoms. The first-order valence-corrected chi connectivity index (χ1v) is 9.79. The number of aromatic nitrogens is 2. The number of ether oxygens (including phenoxy) is 1. The molecule has 2 fully saturated rings. The summed E-state index contributed by atoms with van der Waals surface area (Å²) in [6.45, 7) is 6.04. The Morgan fingerprint density at radius 1 is 1.27 bits per heavy atom. The van der Waals surface area contributed by atoms with Gasteiger partial charge in [-0.1, -0.05) is 6.07 Å². The molecule has 3 heterocycles. The number of carbonyl (C=O) groups excluding carboxylic acids is 2. The number of anilines is 1. The Hall–Kier alpha value is -2.85. The number of amides is 2. The Bertz CT molecular complexity index is 948. The van der Waals surface area contributed by atoms with E-state index in [1.54, 1.807) is 30.0 Å². The first kappa shape index (κ1) is 20.4. The highest BCUT2D eigenvalue weighted by molar-refractivity contribution is 6.04. The van der Waals surface area contributed by atoms with Gasteiger partial charge in [0.2, 0.25) is 0 Å². The Morgan fingerprint density at radius 2 is 2.10 bits per heavy atom. The van der Waals surface area contributed by atoms with Gasteiger partial charge in [-0.05, 0) is 30.7 Å². The highest BCUT2D eigenvalue weighted by atomic mass is 19.3. The van der Waals surface area contributed by atoms with Gasteiger partial charge >= 0.3 is 0 Å². The van der Waals surface area contributed by atoms with Gasteiger partial charge in [-0.2, -0.15) is 5.10 Å². The number of benzene rings is 1. The number of aryl methyl sites for hydroxylation is 1. The zero-order valence-electron chi connectivity index (χ0n) is 16.5. The van der Waals surface area contributed by atoms with E-state index in [1.807, 2.05) is 0 Å². The Morgan fingerprint density at radius 3 is 2.87 bits per heavy atom. The van der Waals surface area contributed by atoms with Crippen molar-refractivity contribution in [1.29, 1.82) is 0 Å². The molecule has 160 valence electrons. The van der Waals surface area contributed by atoms with Crippen LogP contribution in [0.3, 0.4) is 0 Å². The van der Waals surface area contributed by atoms with Crippen molar-refractivity contribution < 1.29 is 23.1 Å². The smallest absolute Gasteiger partial charge is 0.279 e. The van der Waals surface area contributed by atoms with Crippen LogP contribution in [0.1, 0.15) is 38.5 Å². The highest BCUT2D eigenvalue weighted by Crippen LogP contribution is 2.22. The lowest BCUT2D eigenvalue weighted by atomic mass is 10.1. The number of nitrogens with one attached hydrogen (secondary N) is 2. The quantitative estimate of drug-likeness (QED) is 0.792. The number of piperazine rings is 1. The van der Waals surface area contributed by atoms with Crippen LogP contribution in [0.2, 0.25) is 0 Å². The van der Waals surface area contributed by atoms with E-state index >= 15 is 0 Å². The predicted octanol–water partition coefficient (Wildman–Crippen LogP) is 2.06. The molecule has 2 saturated heterocycles. The summed E-state index contributed by atoms with van der Waals surface area (Å²) in [6, 6.07) is 6.29. The fraction of sp³-hybridized carbons (Fsp3) is 0.450. The van der Waals surface area contributed by atoms with Crippen LogP contribution in [0.25, 0.3) is 0 Å². The summed E-state index contributed by atoms with van der Waals surface area (Å²) < 4.78 is 30.9. The fourth-order valence-electron chi connectivity index (χ4n) is 3.75. The minimum Gasteiger partial charge on any atom is -0.378 e. The number of H-pyrrole nitrogens is 1. The summed E-state index contributed by atoms with van der Waals surface area (Å²) in [6.07, 6.45) is -2.74. The predicted molar refractivity (Wildman–Crippen MR) is 105 cm³/mol. The van der Waals surface area contributed by atoms with E-state index in [0.717, 1.165) is 31.3 Å². The Labute approximate surface area is 172 Å². The lowest BCUT2D eigenvalue weighted by Crippen LogP contribution is -2.59. The van der Waals surface area contributed by atoms with Crippen LogP contribution in [-0.4, -0.2) is 77.2 Å². The van der Waals surface area contributed by atoms with Gasteiger partial charge in [0.05, 0.1) is 19.3 Å². The molecule has 2 N–H and O–H groups in total. The van der Waals surface area contributed by atoms with E-state index in [4.69, 9.17) is 4.74 Å². The van der Waals surface area contributed by atoms with Crippen molar-refractivity contribution >= 4 is 17.5 Å². The van der Waals surface area contributed by atoms with Gasteiger partial charge in [-0.3, -0.25) is 19.6 Å². The zero-order valence-corrected chi connectivity index (χ0v) is 16.5. The van der Waals surface area contributed by atoms with E-state index in [1.165, 1.54) is 0 Å². The third-order valence-corrected chi connectivity index (χ3v) is 5.52. The molecule has 30 heavy (non-hydrogen) atoms. The second-order valence-electron chi connectivity index (χ2n) is 7.51. The van der Waals surface area contributed by atoms with Crippen molar-refractivity contribution in [3.05, 3.63) is 46.8 Å². The van der Waals surface area contributed by atoms with Crippen LogP contribution in [0.4, 0.5) is 14.5 Å². The first-order chi connectivity index (χ1) is 14.4. The molecule has 4 rings (SSSR count). The number of carbonyl (C=O) groups is 2. The molecule has 2 aromatic rings. The number of hydrogen-bond donors (Lipinski definition) is 2. The van der Waals surface area contributed by atoms with Gasteiger partial charge in [0.15, 0.2) is 5.69 Å². The first-order valence-electron chi connectivity index (χ1n) is 9.79. The molecule has 1 unspecified atom stereocenters. The summed E-state index contributed by atoms with van der Waals surface area (Å²) in [5, 5.41) is 8.43. The van der Waals surface area contributed by atoms with E-state index in [2.05, 4.69) is 20.4 Å². The molecule has 0 bridgehead atoms. The van der Waals surface area contributed by atoms with E-state index < -0.39 is 18.0 Å². The van der Waals surface area contributed by atoms with Gasteiger partial charge < -0.3 is 15.0 Å². The highest BCUT2D eigenvalue weighted by Gasteiger charge is 2.32. The second-order valence-corrected chi connectivity index (χ2v) is 7.51. The molecule has 2 aliphatic rings. The maximum Gasteiger partial charge on any atom is 0.279 e. The number of rotatable bonds is 4. The van der Waals surface area contributed by atoms with Crippen LogP contribution >= 0.6 is 0 Å². The molecular weight excluding hydrogens is 396 g/mol. The number of fused-ring (bicyclic) bond motifs is 1. The van der Waals surface area contributed by atoms with E-state index in [9.17, 15) is 18.4 Å². The molecule has 0 saturated carbocycles. The molecule has 1 atom stereocenters. The maximum absolute atomic E-state index is 13.0. The maximum atomic E-state index is 13.0. The number of nitrogens with zero attached hydrogens (tertiary/aromatic N) is 3. The van der Waals surface area contributed by atoms with Gasteiger partial charge in [0, 0.05) is 37.4 Å². The second kappa shape index (κ2) is 8.49. The van der Waals surface area contributed by atoms with Crippen LogP contribution in [0.5, 0.6) is 0 Å². The molecular formula is C20H23F2N5O3. The van der Waals surface area contributed by atoms with Crippen LogP contribution < -0.4 is 5.32 Å². The van der Waals surface area contributed by atoms with Crippen molar-refractivity contribution in [2.75, 3.05) is 44.7 Å². The fourth-order valence-corrected chi connectivity index (χ4v) is 3.75. The van der Waals surface area contributed by atoms with E-state index in [0.29, 0.717) is 30.9 Å². The number of alkyl halides is 2. The van der Waals surface area contributed by atoms with Crippen molar-refractivity contribution in [3.63, 3.8) is 0 Å². The normalized spacial score (nSPS) is 19.6. The molecule has 2 aliphatic heterocycles. The molecule has 0 radical (unpaired) electrons. The lowest BCUT2D eigenvalue weighted by molar-refractivity contribution is -0.0395. The molecule has 1 aromatic carbocycles. The number of aromatic amines is 1. The summed E-state index contributed by atoms with van der Waals surface area (Å²) in [5.41, 5.74) is 1.07. The average molecular weight is 419 g/mol. The third kappa shape index (κ3) is 4.19. The molecule has 10 heteroatoms. The largest absolute Gasteiger partial charge is 0.378 e. The average Bonchev–Trinajstić information content (AvgIpc) is 3.25. The molecule has 2 amide bonds. The summed E-state index contributed by atoms with van der Waals surface area (Å²) in [4.78, 5) is 29.6. The van der Waals surface area contributed by atoms with Gasteiger partial charge in [0.25, 0.3) is 18.2 Å². The SMILES string of the molecule is Cc1ccc(C(=O)N2CCN3CCOCC3C2)cc1NC(=O)c1cc(C(F)F)[nH]n1. The molecule has 1 aromatic heterocycles. The summed E-state index contributed by atoms with van der Waals surface area (Å²) >= 11 is 0. The monoisotopic (exact) mass is 419 g/mol. The summed E-state index contributed by atoms with van der Waals surface area (Å²) in [5.74, 6) is -0.741. The topological polar surface area (TPSA) is 90.6 Å². The number of halogens is 2. The van der Waals surface area contributed by atoms with Crippen LogP contribution in [0, 0.1) is 6.92 Å². The van der Waals surface area contributed by atoms with Gasteiger partial charge in [0.1, 0.15) is 5.69 Å². The van der Waals surface area contributed by atoms with Gasteiger partial charge in [-0.15, -0.1) is 0 Å². The standard InChI is InChI=1S/C20H23F2N5O3/c1-12-2-3-13(20(29)27-5-4-26-6-7-30-11-14(26)10-27)8-15(12)23-19(28)17-9-16(18(21)22)24-25-17/h2-3,8-9,14,18H,4-7,10-11H2,1H3,(H,23,28)(H,24,25). The Kier molecular flexibility index (Phi) is 5.78. The molecule has 0 aliphatic carbocycles. The minimum atomic E-state index is -2.74. The van der Waals surface area contributed by atoms with Crippen molar-refractivity contribution in [2.24, 2.45) is 0 Å². The Balaban J connectivity index is 1.47. The minimum absolute atomic E-state index is 0.115. The van der Waals surface area contributed by atoms with Crippen molar-refractivity contribution in [3.8, 4) is 0 Å². The van der Waals surface area contributed by atoms with E-state index in [-0.39, 0.29) is 17.6 Å². The number of morpholine rings is 1. The number of hydrogen-bond acceptors (Lipinski definition) is 5. The summed E-state index contributed by atoms with van der Waals surface area (Å²) in [7, 11) is 0. The van der Waals surface area contributed by atoms with Crippen molar-refractivity contribution in [1.82, 2.24) is 20.0 Å². The lowest BCUT2D eigenvalue weighted by Gasteiger charge is -2.43. The zero-order chi connectivity index (χ0) is 21.3.